The van der Waals surface area contributed by atoms with Crippen molar-refractivity contribution in [2.24, 2.45) is 0 Å². The number of benzene rings is 1. The van der Waals surface area contributed by atoms with Crippen LogP contribution in [0.4, 0.5) is 5.69 Å². The highest BCUT2D eigenvalue weighted by Gasteiger charge is 2.04. The van der Waals surface area contributed by atoms with Gasteiger partial charge in [-0.3, -0.25) is 4.79 Å². The molecule has 0 bridgehead atoms. The van der Waals surface area contributed by atoms with Gasteiger partial charge in [-0.15, -0.1) is 0 Å². The van der Waals surface area contributed by atoms with Crippen LogP contribution in [-0.2, 0) is 9.53 Å². The fourth-order valence-electron chi connectivity index (χ4n) is 1.46. The first kappa shape index (κ1) is 15.0. The lowest BCUT2D eigenvalue weighted by molar-refractivity contribution is -0.115. The van der Waals surface area contributed by atoms with Gasteiger partial charge in [0.2, 0.25) is 5.91 Å². The molecule has 2 N–H and O–H groups in total. The number of halogens is 1. The first-order valence-corrected chi connectivity index (χ1v) is 6.36. The molecule has 18 heavy (non-hydrogen) atoms. The van der Waals surface area contributed by atoms with E-state index in [2.05, 4.69) is 10.6 Å². The zero-order valence-corrected chi connectivity index (χ0v) is 11.3. The number of nitrogens with one attached hydrogen (secondary N) is 2. The Kier molecular flexibility index (Phi) is 7.41. The number of para-hydroxylation sites is 1. The SMILES string of the molecule is COCCCCNCC(=O)Nc1ccccc1Cl. The smallest absolute Gasteiger partial charge is 0.238 e. The molecule has 0 aliphatic carbocycles. The van der Waals surface area contributed by atoms with Gasteiger partial charge in [0.25, 0.3) is 0 Å². The molecule has 4 nitrogen and oxygen atoms in total. The normalized spacial score (nSPS) is 10.3. The quantitative estimate of drug-likeness (QED) is 0.713. The van der Waals surface area contributed by atoms with Crippen molar-refractivity contribution >= 4 is 23.2 Å². The Morgan fingerprint density at radius 2 is 2.11 bits per heavy atom. The van der Waals surface area contributed by atoms with Crippen molar-refractivity contribution in [2.75, 3.05) is 32.1 Å². The molecule has 0 fully saturated rings. The highest BCUT2D eigenvalue weighted by molar-refractivity contribution is 6.33. The summed E-state index contributed by atoms with van der Waals surface area (Å²) in [6, 6.07) is 7.18. The van der Waals surface area contributed by atoms with Crippen LogP contribution in [0.25, 0.3) is 0 Å². The number of methoxy groups -OCH3 is 1. The number of unbranched alkanes of at least 4 members (excludes halogenated alkanes) is 1. The van der Waals surface area contributed by atoms with Crippen molar-refractivity contribution in [3.8, 4) is 0 Å². The zero-order chi connectivity index (χ0) is 13.2. The summed E-state index contributed by atoms with van der Waals surface area (Å²) < 4.78 is 4.94. The molecule has 0 saturated carbocycles. The minimum absolute atomic E-state index is 0.0881. The average molecular weight is 271 g/mol. The molecule has 0 heterocycles. The topological polar surface area (TPSA) is 50.4 Å². The molecular weight excluding hydrogens is 252 g/mol. The number of rotatable bonds is 8. The predicted molar refractivity (Wildman–Crippen MR) is 74.1 cm³/mol. The molecule has 0 aliphatic heterocycles. The van der Waals surface area contributed by atoms with Crippen LogP contribution in [0.3, 0.4) is 0 Å². The van der Waals surface area contributed by atoms with E-state index in [1.807, 2.05) is 12.1 Å². The largest absolute Gasteiger partial charge is 0.385 e. The summed E-state index contributed by atoms with van der Waals surface area (Å²) in [6.45, 7) is 1.85. The van der Waals surface area contributed by atoms with Crippen LogP contribution in [0.2, 0.25) is 5.02 Å². The third-order valence-corrected chi connectivity index (χ3v) is 2.72. The molecule has 1 amide bonds. The lowest BCUT2D eigenvalue weighted by Crippen LogP contribution is -2.28. The zero-order valence-electron chi connectivity index (χ0n) is 10.5. The molecule has 1 aromatic rings. The van der Waals surface area contributed by atoms with Gasteiger partial charge in [-0.05, 0) is 31.5 Å². The maximum atomic E-state index is 11.6. The van der Waals surface area contributed by atoms with E-state index in [-0.39, 0.29) is 12.5 Å². The fraction of sp³-hybridized carbons (Fsp3) is 0.462. The monoisotopic (exact) mass is 270 g/mol. The van der Waals surface area contributed by atoms with Crippen molar-refractivity contribution in [3.05, 3.63) is 29.3 Å². The first-order valence-electron chi connectivity index (χ1n) is 5.98. The summed E-state index contributed by atoms with van der Waals surface area (Å²) in [5.41, 5.74) is 0.644. The molecule has 0 spiro atoms. The van der Waals surface area contributed by atoms with Gasteiger partial charge in [0.15, 0.2) is 0 Å². The third kappa shape index (κ3) is 6.00. The van der Waals surface area contributed by atoms with Crippen LogP contribution in [0.15, 0.2) is 24.3 Å². The molecule has 0 saturated heterocycles. The summed E-state index contributed by atoms with van der Waals surface area (Å²) in [7, 11) is 1.68. The summed E-state index contributed by atoms with van der Waals surface area (Å²) in [5.74, 6) is -0.0881. The Morgan fingerprint density at radius 1 is 1.33 bits per heavy atom. The Balaban J connectivity index is 2.16. The minimum atomic E-state index is -0.0881. The Hall–Kier alpha value is -1.10. The van der Waals surface area contributed by atoms with E-state index in [4.69, 9.17) is 16.3 Å². The molecule has 0 unspecified atom stereocenters. The van der Waals surface area contributed by atoms with Gasteiger partial charge in [-0.1, -0.05) is 23.7 Å². The second-order valence-electron chi connectivity index (χ2n) is 3.90. The van der Waals surface area contributed by atoms with E-state index < -0.39 is 0 Å². The van der Waals surface area contributed by atoms with Gasteiger partial charge in [-0.2, -0.15) is 0 Å². The van der Waals surface area contributed by atoms with Crippen molar-refractivity contribution in [3.63, 3.8) is 0 Å². The Labute approximate surface area is 113 Å². The van der Waals surface area contributed by atoms with Gasteiger partial charge in [-0.25, -0.2) is 0 Å². The first-order chi connectivity index (χ1) is 8.74. The van der Waals surface area contributed by atoms with Gasteiger partial charge in [0.1, 0.15) is 0 Å². The number of carbonyl (C=O) groups is 1. The summed E-state index contributed by atoms with van der Waals surface area (Å²) in [4.78, 5) is 11.6. The van der Waals surface area contributed by atoms with Crippen molar-refractivity contribution in [2.45, 2.75) is 12.8 Å². The number of hydrogen-bond donors (Lipinski definition) is 2. The molecule has 5 heteroatoms. The average Bonchev–Trinajstić information content (AvgIpc) is 2.36. The lowest BCUT2D eigenvalue weighted by atomic mass is 10.3. The van der Waals surface area contributed by atoms with Crippen LogP contribution < -0.4 is 10.6 Å². The fourth-order valence-corrected chi connectivity index (χ4v) is 1.64. The standard InChI is InChI=1S/C13H19ClN2O2/c1-18-9-5-4-8-15-10-13(17)16-12-7-3-2-6-11(12)14/h2-3,6-7,15H,4-5,8-10H2,1H3,(H,16,17). The van der Waals surface area contributed by atoms with E-state index in [9.17, 15) is 4.79 Å². The van der Waals surface area contributed by atoms with Crippen molar-refractivity contribution in [1.82, 2.24) is 5.32 Å². The van der Waals surface area contributed by atoms with Crippen LogP contribution in [0.1, 0.15) is 12.8 Å². The number of hydrogen-bond acceptors (Lipinski definition) is 3. The second kappa shape index (κ2) is 8.91. The van der Waals surface area contributed by atoms with E-state index >= 15 is 0 Å². The maximum Gasteiger partial charge on any atom is 0.238 e. The van der Waals surface area contributed by atoms with Crippen LogP contribution >= 0.6 is 11.6 Å². The Morgan fingerprint density at radius 3 is 2.83 bits per heavy atom. The van der Waals surface area contributed by atoms with Crippen molar-refractivity contribution in [1.29, 1.82) is 0 Å². The summed E-state index contributed by atoms with van der Waals surface area (Å²) >= 11 is 5.94. The van der Waals surface area contributed by atoms with Gasteiger partial charge in [0.05, 0.1) is 17.3 Å². The van der Waals surface area contributed by atoms with Crippen molar-refractivity contribution < 1.29 is 9.53 Å². The van der Waals surface area contributed by atoms with E-state index in [1.54, 1.807) is 19.2 Å². The minimum Gasteiger partial charge on any atom is -0.385 e. The Bertz CT molecular complexity index is 372. The van der Waals surface area contributed by atoms with E-state index in [1.165, 1.54) is 0 Å². The third-order valence-electron chi connectivity index (χ3n) is 2.39. The molecule has 100 valence electrons. The molecule has 1 rings (SSSR count). The maximum absolute atomic E-state index is 11.6. The van der Waals surface area contributed by atoms with Gasteiger partial charge >= 0.3 is 0 Å². The van der Waals surface area contributed by atoms with Gasteiger partial charge in [0, 0.05) is 13.7 Å². The number of ether oxygens (including phenoxy) is 1. The highest BCUT2D eigenvalue weighted by Crippen LogP contribution is 2.19. The lowest BCUT2D eigenvalue weighted by Gasteiger charge is -2.07. The molecule has 0 atom stereocenters. The molecule has 1 aromatic carbocycles. The van der Waals surface area contributed by atoms with E-state index in [0.29, 0.717) is 10.7 Å². The van der Waals surface area contributed by atoms with Gasteiger partial charge < -0.3 is 15.4 Å². The number of anilines is 1. The van der Waals surface area contributed by atoms with Crippen LogP contribution in [0, 0.1) is 0 Å². The second-order valence-corrected chi connectivity index (χ2v) is 4.31. The molecule has 0 aliphatic rings. The van der Waals surface area contributed by atoms with Crippen LogP contribution in [-0.4, -0.2) is 32.7 Å². The molecule has 0 radical (unpaired) electrons. The molecular formula is C13H19ClN2O2. The highest BCUT2D eigenvalue weighted by atomic mass is 35.5. The number of amides is 1. The predicted octanol–water partition coefficient (Wildman–Crippen LogP) is 2.29. The summed E-state index contributed by atoms with van der Waals surface area (Å²) in [5, 5.41) is 6.37. The van der Waals surface area contributed by atoms with E-state index in [0.717, 1.165) is 26.0 Å². The molecule has 0 aromatic heterocycles. The summed E-state index contributed by atoms with van der Waals surface area (Å²) in [6.07, 6.45) is 1.99. The van der Waals surface area contributed by atoms with Crippen LogP contribution in [0.5, 0.6) is 0 Å². The number of carbonyl (C=O) groups excluding carboxylic acids is 1.